The number of hydrogen-bond acceptors (Lipinski definition) is 5. The van der Waals surface area contributed by atoms with Crippen molar-refractivity contribution in [1.29, 1.82) is 5.26 Å². The van der Waals surface area contributed by atoms with E-state index in [0.29, 0.717) is 11.3 Å². The fourth-order valence-electron chi connectivity index (χ4n) is 1.41. The Balaban J connectivity index is 2.27. The molecule has 0 aromatic heterocycles. The Morgan fingerprint density at radius 3 is 2.95 bits per heavy atom. The highest BCUT2D eigenvalue weighted by Gasteiger charge is 2.08. The highest BCUT2D eigenvalue weighted by atomic mass is 16.5. The molecule has 0 aliphatic rings. The molecule has 0 bridgehead atoms. The van der Waals surface area contributed by atoms with Crippen molar-refractivity contribution in [3.8, 4) is 11.8 Å². The van der Waals surface area contributed by atoms with Gasteiger partial charge in [0, 0.05) is 20.6 Å². The van der Waals surface area contributed by atoms with Crippen molar-refractivity contribution in [3.05, 3.63) is 29.8 Å². The number of aliphatic hydroxyl groups is 1. The summed E-state index contributed by atoms with van der Waals surface area (Å²) in [6, 6.07) is 8.74. The molecule has 1 atom stereocenters. The van der Waals surface area contributed by atoms with Gasteiger partial charge < -0.3 is 20.1 Å². The molecule has 0 fully saturated rings. The van der Waals surface area contributed by atoms with Crippen LogP contribution in [0, 0.1) is 11.3 Å². The van der Waals surface area contributed by atoms with Gasteiger partial charge >= 0.3 is 0 Å². The highest BCUT2D eigenvalue weighted by Crippen LogP contribution is 2.12. The number of likely N-dealkylation sites (N-methyl/N-ethyl adjacent to an activating group) is 1. The first kappa shape index (κ1) is 16.0. The molecule has 0 saturated carbocycles. The molecule has 6 heteroatoms. The van der Waals surface area contributed by atoms with Gasteiger partial charge in [0.2, 0.25) is 5.91 Å². The van der Waals surface area contributed by atoms with Gasteiger partial charge in [-0.15, -0.1) is 0 Å². The first-order chi connectivity index (χ1) is 9.52. The number of ether oxygens (including phenoxy) is 1. The Morgan fingerprint density at radius 1 is 1.55 bits per heavy atom. The van der Waals surface area contributed by atoms with Crippen LogP contribution in [0.15, 0.2) is 24.3 Å². The van der Waals surface area contributed by atoms with Gasteiger partial charge in [-0.25, -0.2) is 0 Å². The molecule has 1 rings (SSSR count). The molecule has 2 N–H and O–H groups in total. The van der Waals surface area contributed by atoms with Gasteiger partial charge in [0.25, 0.3) is 0 Å². The van der Waals surface area contributed by atoms with Gasteiger partial charge in [0.05, 0.1) is 18.2 Å². The lowest BCUT2D eigenvalue weighted by Gasteiger charge is -2.14. The van der Waals surface area contributed by atoms with Crippen LogP contribution in [0.5, 0.6) is 5.75 Å². The normalized spacial score (nSPS) is 11.5. The van der Waals surface area contributed by atoms with Crippen molar-refractivity contribution < 1.29 is 14.6 Å². The summed E-state index contributed by atoms with van der Waals surface area (Å²) in [5.41, 5.74) is 0.506. The van der Waals surface area contributed by atoms with E-state index in [0.717, 1.165) is 0 Å². The molecule has 0 saturated heterocycles. The fourth-order valence-corrected chi connectivity index (χ4v) is 1.41. The van der Waals surface area contributed by atoms with E-state index in [4.69, 9.17) is 10.00 Å². The van der Waals surface area contributed by atoms with Gasteiger partial charge in [-0.3, -0.25) is 4.79 Å². The quantitative estimate of drug-likeness (QED) is 0.731. The molecule has 108 valence electrons. The summed E-state index contributed by atoms with van der Waals surface area (Å²) in [6.07, 6.45) is -0.726. The van der Waals surface area contributed by atoms with Gasteiger partial charge in [-0.05, 0) is 18.2 Å². The summed E-state index contributed by atoms with van der Waals surface area (Å²) in [7, 11) is 3.34. The molecule has 0 aliphatic heterocycles. The van der Waals surface area contributed by atoms with E-state index in [1.54, 1.807) is 38.4 Å². The number of nitrogens with zero attached hydrogens (tertiary/aromatic N) is 2. The van der Waals surface area contributed by atoms with Crippen molar-refractivity contribution in [1.82, 2.24) is 10.2 Å². The summed E-state index contributed by atoms with van der Waals surface area (Å²) in [6.45, 7) is 0.531. The van der Waals surface area contributed by atoms with Crippen LogP contribution in [0.4, 0.5) is 0 Å². The molecular weight excluding hydrogens is 258 g/mol. The number of nitrogens with one attached hydrogen (secondary N) is 1. The standard InChI is InChI=1S/C14H19N3O3/c1-17(2)14(19)9-16-8-12(18)10-20-13-5-3-4-11(6-13)7-15/h3-6,12,16,18H,8-10H2,1-2H3. The second-order valence-corrected chi connectivity index (χ2v) is 4.52. The predicted molar refractivity (Wildman–Crippen MR) is 74.2 cm³/mol. The Morgan fingerprint density at radius 2 is 2.30 bits per heavy atom. The van der Waals surface area contributed by atoms with E-state index in [1.165, 1.54) is 4.90 Å². The van der Waals surface area contributed by atoms with Crippen LogP contribution in [-0.4, -0.2) is 55.8 Å². The first-order valence-electron chi connectivity index (χ1n) is 6.25. The minimum atomic E-state index is -0.726. The second kappa shape index (κ2) is 8.15. The lowest BCUT2D eigenvalue weighted by molar-refractivity contribution is -0.127. The van der Waals surface area contributed by atoms with Crippen LogP contribution < -0.4 is 10.1 Å². The number of hydrogen-bond donors (Lipinski definition) is 2. The SMILES string of the molecule is CN(C)C(=O)CNCC(O)COc1cccc(C#N)c1. The zero-order valence-corrected chi connectivity index (χ0v) is 11.7. The van der Waals surface area contributed by atoms with E-state index >= 15 is 0 Å². The summed E-state index contributed by atoms with van der Waals surface area (Å²) in [4.78, 5) is 12.8. The molecule has 0 aliphatic carbocycles. The minimum absolute atomic E-state index is 0.0557. The average molecular weight is 277 g/mol. The Hall–Kier alpha value is -2.10. The van der Waals surface area contributed by atoms with Crippen LogP contribution in [0.25, 0.3) is 0 Å². The second-order valence-electron chi connectivity index (χ2n) is 4.52. The lowest BCUT2D eigenvalue weighted by atomic mass is 10.2. The van der Waals surface area contributed by atoms with Crippen LogP contribution >= 0.6 is 0 Å². The molecule has 1 aromatic carbocycles. The summed E-state index contributed by atoms with van der Waals surface area (Å²) >= 11 is 0. The Bertz CT molecular complexity index is 483. The molecule has 1 amide bonds. The number of nitriles is 1. The number of carbonyl (C=O) groups is 1. The summed E-state index contributed by atoms with van der Waals surface area (Å²) < 4.78 is 5.38. The number of rotatable bonds is 7. The largest absolute Gasteiger partial charge is 0.491 e. The lowest BCUT2D eigenvalue weighted by Crippen LogP contribution is -2.38. The van der Waals surface area contributed by atoms with Gasteiger partial charge in [0.1, 0.15) is 18.5 Å². The van der Waals surface area contributed by atoms with Crippen molar-refractivity contribution in [2.24, 2.45) is 0 Å². The highest BCUT2D eigenvalue weighted by molar-refractivity contribution is 5.77. The van der Waals surface area contributed by atoms with Gasteiger partial charge in [-0.2, -0.15) is 5.26 Å². The topological polar surface area (TPSA) is 85.6 Å². The van der Waals surface area contributed by atoms with E-state index in [1.807, 2.05) is 6.07 Å². The zero-order valence-electron chi connectivity index (χ0n) is 11.7. The van der Waals surface area contributed by atoms with Crippen molar-refractivity contribution in [3.63, 3.8) is 0 Å². The minimum Gasteiger partial charge on any atom is -0.491 e. The van der Waals surface area contributed by atoms with Crippen LogP contribution in [0.1, 0.15) is 5.56 Å². The molecule has 1 aromatic rings. The molecule has 1 unspecified atom stereocenters. The third-order valence-corrected chi connectivity index (χ3v) is 2.56. The number of carbonyl (C=O) groups excluding carboxylic acids is 1. The first-order valence-corrected chi connectivity index (χ1v) is 6.25. The molecule has 0 radical (unpaired) electrons. The van der Waals surface area contributed by atoms with Crippen LogP contribution in [-0.2, 0) is 4.79 Å². The van der Waals surface area contributed by atoms with Crippen LogP contribution in [0.2, 0.25) is 0 Å². The van der Waals surface area contributed by atoms with Gasteiger partial charge in [0.15, 0.2) is 0 Å². The molecule has 0 heterocycles. The zero-order chi connectivity index (χ0) is 15.0. The van der Waals surface area contributed by atoms with E-state index in [2.05, 4.69) is 5.32 Å². The number of amides is 1. The monoisotopic (exact) mass is 277 g/mol. The predicted octanol–water partition coefficient (Wildman–Crippen LogP) is -0.0242. The summed E-state index contributed by atoms with van der Waals surface area (Å²) in [5, 5.41) is 21.3. The number of benzene rings is 1. The maximum atomic E-state index is 11.3. The van der Waals surface area contributed by atoms with Crippen molar-refractivity contribution in [2.75, 3.05) is 33.8 Å². The van der Waals surface area contributed by atoms with Crippen molar-refractivity contribution in [2.45, 2.75) is 6.10 Å². The molecule has 6 nitrogen and oxygen atoms in total. The smallest absolute Gasteiger partial charge is 0.236 e. The van der Waals surface area contributed by atoms with E-state index in [9.17, 15) is 9.90 Å². The summed E-state index contributed by atoms with van der Waals surface area (Å²) in [5.74, 6) is 0.479. The molecule has 20 heavy (non-hydrogen) atoms. The van der Waals surface area contributed by atoms with Crippen LogP contribution in [0.3, 0.4) is 0 Å². The maximum Gasteiger partial charge on any atom is 0.236 e. The van der Waals surface area contributed by atoms with E-state index in [-0.39, 0.29) is 25.6 Å². The van der Waals surface area contributed by atoms with E-state index < -0.39 is 6.10 Å². The molecule has 0 spiro atoms. The number of aliphatic hydroxyl groups excluding tert-OH is 1. The third-order valence-electron chi connectivity index (χ3n) is 2.56. The fraction of sp³-hybridized carbons (Fsp3) is 0.429. The third kappa shape index (κ3) is 5.69. The Kier molecular flexibility index (Phi) is 6.50. The van der Waals surface area contributed by atoms with Crippen molar-refractivity contribution >= 4 is 5.91 Å². The Labute approximate surface area is 118 Å². The maximum absolute atomic E-state index is 11.3. The molecular formula is C14H19N3O3. The van der Waals surface area contributed by atoms with Gasteiger partial charge in [-0.1, -0.05) is 6.07 Å². The average Bonchev–Trinajstić information content (AvgIpc) is 2.45.